The Kier molecular flexibility index (Phi) is 7.62. The van der Waals surface area contributed by atoms with Gasteiger partial charge in [-0.3, -0.25) is 9.88 Å². The minimum absolute atomic E-state index is 0.0398. The Balaban J connectivity index is 1.15. The highest BCUT2D eigenvalue weighted by Gasteiger charge is 2.54. The summed E-state index contributed by atoms with van der Waals surface area (Å²) in [4.78, 5) is 33.7. The molecule has 3 saturated heterocycles. The lowest BCUT2D eigenvalue weighted by Gasteiger charge is -2.42. The average Bonchev–Trinajstić information content (AvgIpc) is 3.40. The maximum atomic E-state index is 17.1. The Morgan fingerprint density at radius 1 is 1.10 bits per heavy atom. The van der Waals surface area contributed by atoms with Gasteiger partial charge in [0.2, 0.25) is 0 Å². The lowest BCUT2D eigenvalue weighted by atomic mass is 9.94. The van der Waals surface area contributed by atoms with Crippen molar-refractivity contribution < 1.29 is 27.8 Å². The summed E-state index contributed by atoms with van der Waals surface area (Å²) in [7, 11) is 0. The number of aryl methyl sites for hydroxylation is 2. The topological polar surface area (TPSA) is 113 Å². The number of phenolic OH excluding ortho intramolecular Hbond substituents is 1. The van der Waals surface area contributed by atoms with E-state index in [1.807, 2.05) is 23.6 Å². The van der Waals surface area contributed by atoms with Crippen molar-refractivity contribution in [1.29, 1.82) is 0 Å². The molecule has 4 fully saturated rings. The number of ether oxygens (including phenoxy) is 1. The predicted octanol–water partition coefficient (Wildman–Crippen LogP) is 6.17. The first-order valence-corrected chi connectivity index (χ1v) is 18.0. The molecular weight excluding hydrogens is 673 g/mol. The Labute approximate surface area is 298 Å². The second-order valence-electron chi connectivity index (χ2n) is 14.8. The molecule has 11 nitrogen and oxygen atoms in total. The molecule has 52 heavy (non-hydrogen) atoms. The van der Waals surface area contributed by atoms with Crippen LogP contribution in [-0.2, 0) is 6.42 Å². The summed E-state index contributed by atoms with van der Waals surface area (Å²) in [5.74, 6) is -0.886. The number of alkyl halides is 1. The van der Waals surface area contributed by atoms with Gasteiger partial charge in [-0.2, -0.15) is 19.7 Å². The molecule has 9 rings (SSSR count). The van der Waals surface area contributed by atoms with Crippen molar-refractivity contribution >= 4 is 33.5 Å². The zero-order valence-corrected chi connectivity index (χ0v) is 29.1. The number of phenols is 1. The van der Waals surface area contributed by atoms with Gasteiger partial charge in [0, 0.05) is 56.3 Å². The van der Waals surface area contributed by atoms with E-state index in [2.05, 4.69) is 20.0 Å². The summed E-state index contributed by atoms with van der Waals surface area (Å²) in [5, 5.41) is 16.3. The molecule has 2 atom stereocenters. The van der Waals surface area contributed by atoms with Crippen LogP contribution in [0, 0.1) is 18.6 Å². The van der Waals surface area contributed by atoms with Crippen molar-refractivity contribution in [2.45, 2.75) is 69.6 Å². The Morgan fingerprint density at radius 3 is 2.71 bits per heavy atom. The lowest BCUT2D eigenvalue weighted by molar-refractivity contribution is 0.107. The van der Waals surface area contributed by atoms with E-state index in [-0.39, 0.29) is 41.2 Å². The molecule has 0 unspecified atom stereocenters. The van der Waals surface area contributed by atoms with E-state index in [1.165, 1.54) is 29.1 Å². The molecule has 0 radical (unpaired) electrons. The van der Waals surface area contributed by atoms with E-state index >= 15 is 8.78 Å². The zero-order valence-electron chi connectivity index (χ0n) is 29.1. The van der Waals surface area contributed by atoms with Crippen LogP contribution in [-0.4, -0.2) is 102 Å². The third-order valence-corrected chi connectivity index (χ3v) is 11.7. The second-order valence-corrected chi connectivity index (χ2v) is 14.8. The Bertz CT molecular complexity index is 2260. The van der Waals surface area contributed by atoms with Crippen LogP contribution in [0.25, 0.3) is 32.9 Å². The normalized spacial score (nSPS) is 22.5. The highest BCUT2D eigenvalue weighted by molar-refractivity contribution is 6.01. The van der Waals surface area contributed by atoms with Crippen molar-refractivity contribution in [3.63, 3.8) is 0 Å². The third kappa shape index (κ3) is 5.16. The summed E-state index contributed by atoms with van der Waals surface area (Å²) >= 11 is 0. The lowest BCUT2D eigenvalue weighted by Crippen LogP contribution is -2.58. The minimum Gasteiger partial charge on any atom is -0.508 e. The summed E-state index contributed by atoms with van der Waals surface area (Å²) < 4.78 is 54.5. The average molecular weight is 713 g/mol. The largest absolute Gasteiger partial charge is 0.508 e. The number of aromatic nitrogens is 5. The summed E-state index contributed by atoms with van der Waals surface area (Å²) in [5.41, 5.74) is 0.326. The van der Waals surface area contributed by atoms with Crippen molar-refractivity contribution in [1.82, 2.24) is 34.5 Å². The van der Waals surface area contributed by atoms with Crippen LogP contribution in [0.5, 0.6) is 11.8 Å². The van der Waals surface area contributed by atoms with Crippen molar-refractivity contribution in [3.05, 3.63) is 65.6 Å². The van der Waals surface area contributed by atoms with Gasteiger partial charge in [0.05, 0.1) is 16.5 Å². The van der Waals surface area contributed by atoms with Gasteiger partial charge in [0.25, 0.3) is 0 Å². The highest BCUT2D eigenvalue weighted by atomic mass is 19.1. The molecule has 1 aliphatic carbocycles. The van der Waals surface area contributed by atoms with E-state index in [0.29, 0.717) is 66.6 Å². The van der Waals surface area contributed by atoms with E-state index in [0.717, 1.165) is 37.9 Å². The molecule has 1 saturated carbocycles. The number of fused-ring (bicyclic) bond motifs is 3. The smallest absolute Gasteiger partial charge is 0.345 e. The van der Waals surface area contributed by atoms with Crippen LogP contribution in [0.15, 0.2) is 42.7 Å². The molecule has 3 aliphatic heterocycles. The fourth-order valence-corrected chi connectivity index (χ4v) is 8.91. The molecular formula is C38H39F3N8O3. The molecule has 3 aromatic heterocycles. The van der Waals surface area contributed by atoms with E-state index in [4.69, 9.17) is 9.72 Å². The van der Waals surface area contributed by atoms with Gasteiger partial charge in [-0.05, 0) is 86.2 Å². The number of nitrogens with zero attached hydrogens (tertiary/aromatic N) is 8. The van der Waals surface area contributed by atoms with Crippen LogP contribution in [0.2, 0.25) is 0 Å². The van der Waals surface area contributed by atoms with Crippen LogP contribution in [0.3, 0.4) is 0 Å². The van der Waals surface area contributed by atoms with E-state index in [9.17, 15) is 14.3 Å². The number of carbonyl (C=O) groups is 1. The first-order chi connectivity index (χ1) is 25.1. The number of anilines is 1. The van der Waals surface area contributed by atoms with Gasteiger partial charge in [0.1, 0.15) is 41.4 Å². The van der Waals surface area contributed by atoms with Crippen molar-refractivity contribution in [2.75, 3.05) is 44.2 Å². The molecule has 1 amide bonds. The number of piperazine rings is 1. The summed E-state index contributed by atoms with van der Waals surface area (Å²) in [6.07, 6.45) is 6.18. The number of pyridine rings is 1. The molecule has 2 aromatic carbocycles. The van der Waals surface area contributed by atoms with Gasteiger partial charge < -0.3 is 19.6 Å². The molecule has 270 valence electrons. The molecule has 14 heteroatoms. The number of halogens is 3. The maximum Gasteiger partial charge on any atom is 0.345 e. The highest BCUT2D eigenvalue weighted by Crippen LogP contribution is 2.47. The van der Waals surface area contributed by atoms with E-state index < -0.39 is 28.9 Å². The molecule has 4 aliphatic rings. The maximum absolute atomic E-state index is 17.1. The predicted molar refractivity (Wildman–Crippen MR) is 188 cm³/mol. The standard InChI is InChI=1S/C38H39F3N8O3/c1-3-26-29(40)6-5-23-15-25(50)16-27(30(23)26)32-31(41)33-28(18-42-32)34(45-35(44-33)52-21-38-8-4-12-47(38)19-24(39)17-38)46-13-14-48(37(20-46)9-10-37)36(51)49-22(2)7-11-43-49/h5-7,11,15-16,18,24,50H,3-4,8-10,12-14,17,19-21H2,1-2H3/t24-,38+/m1/s1. The quantitative estimate of drug-likeness (QED) is 0.221. The molecule has 1 spiro atoms. The Morgan fingerprint density at radius 2 is 1.94 bits per heavy atom. The van der Waals surface area contributed by atoms with Crippen LogP contribution < -0.4 is 9.64 Å². The number of amides is 1. The van der Waals surface area contributed by atoms with Crippen LogP contribution >= 0.6 is 0 Å². The number of rotatable bonds is 6. The number of hydrogen-bond acceptors (Lipinski definition) is 9. The first-order valence-electron chi connectivity index (χ1n) is 18.0. The van der Waals surface area contributed by atoms with Gasteiger partial charge in [-0.15, -0.1) is 0 Å². The molecule has 5 aromatic rings. The monoisotopic (exact) mass is 712 g/mol. The fourth-order valence-electron chi connectivity index (χ4n) is 8.91. The molecule has 6 heterocycles. The SMILES string of the molecule is CCc1c(F)ccc2cc(O)cc(-c3ncc4c(N5CCN(C(=O)n6nccc6C)C6(CC6)C5)nc(OC[C@@]56CCCN5C[C@H](F)C6)nc4c3F)c12. The summed E-state index contributed by atoms with van der Waals surface area (Å²) in [6, 6.07) is 7.38. The third-order valence-electron chi connectivity index (χ3n) is 11.7. The van der Waals surface area contributed by atoms with Gasteiger partial charge in [-0.25, -0.2) is 18.0 Å². The Hall–Kier alpha value is -4.98. The van der Waals surface area contributed by atoms with E-state index in [1.54, 1.807) is 18.3 Å². The van der Waals surface area contributed by atoms with Gasteiger partial charge in [-0.1, -0.05) is 13.0 Å². The van der Waals surface area contributed by atoms with Gasteiger partial charge >= 0.3 is 12.0 Å². The fraction of sp³-hybridized carbons (Fsp3) is 0.447. The minimum atomic E-state index is -0.947. The number of hydrogen-bond donors (Lipinski definition) is 1. The van der Waals surface area contributed by atoms with Crippen LogP contribution in [0.4, 0.5) is 23.8 Å². The molecule has 0 bridgehead atoms. The number of benzene rings is 2. The number of carbonyl (C=O) groups excluding carboxylic acids is 1. The summed E-state index contributed by atoms with van der Waals surface area (Å²) in [6.45, 7) is 6.21. The van der Waals surface area contributed by atoms with Crippen molar-refractivity contribution in [2.24, 2.45) is 0 Å². The van der Waals surface area contributed by atoms with Crippen molar-refractivity contribution in [3.8, 4) is 23.0 Å². The number of aromatic hydroxyl groups is 1. The first kappa shape index (κ1) is 32.9. The van der Waals surface area contributed by atoms with Crippen LogP contribution in [0.1, 0.15) is 50.3 Å². The second kappa shape index (κ2) is 12.0. The zero-order chi connectivity index (χ0) is 35.9. The molecule has 1 N–H and O–H groups in total. The van der Waals surface area contributed by atoms with Gasteiger partial charge in [0.15, 0.2) is 5.82 Å².